The molecule has 124 valence electrons. The predicted molar refractivity (Wildman–Crippen MR) is 92.8 cm³/mol. The number of rotatable bonds is 4. The van der Waals surface area contributed by atoms with E-state index in [0.29, 0.717) is 6.54 Å². The summed E-state index contributed by atoms with van der Waals surface area (Å²) < 4.78 is 8.08. The highest BCUT2D eigenvalue weighted by atomic mass is 16.5. The summed E-state index contributed by atoms with van der Waals surface area (Å²) in [7, 11) is 0. The summed E-state index contributed by atoms with van der Waals surface area (Å²) in [4.78, 5) is 0. The third-order valence-corrected chi connectivity index (χ3v) is 4.69. The average molecular weight is 323 g/mol. The molecule has 0 spiro atoms. The van der Waals surface area contributed by atoms with Crippen LogP contribution >= 0.6 is 0 Å². The zero-order chi connectivity index (χ0) is 16.5. The van der Waals surface area contributed by atoms with E-state index < -0.39 is 0 Å². The second kappa shape index (κ2) is 6.26. The second-order valence-electron chi connectivity index (χ2n) is 6.23. The van der Waals surface area contributed by atoms with Gasteiger partial charge in [0.25, 0.3) is 0 Å². The van der Waals surface area contributed by atoms with Crippen molar-refractivity contribution >= 4 is 10.9 Å². The minimum atomic E-state index is 0.0210. The molecule has 5 nitrogen and oxygen atoms in total. The lowest BCUT2D eigenvalue weighted by Crippen LogP contribution is -2.23. The lowest BCUT2D eigenvalue weighted by molar-refractivity contribution is 0.177. The van der Waals surface area contributed by atoms with Crippen molar-refractivity contribution in [3.8, 4) is 5.75 Å². The van der Waals surface area contributed by atoms with Crippen molar-refractivity contribution in [3.63, 3.8) is 0 Å². The monoisotopic (exact) mass is 323 g/mol. The van der Waals surface area contributed by atoms with Gasteiger partial charge in [0, 0.05) is 17.5 Å². The molecule has 5 heteroatoms. The van der Waals surface area contributed by atoms with Crippen LogP contribution < -0.4 is 10.5 Å². The molecule has 3 aromatic rings. The van der Waals surface area contributed by atoms with Crippen LogP contribution in [0.1, 0.15) is 36.1 Å². The molecule has 3 N–H and O–H groups in total. The standard InChI is InChI=1S/C19H21N3O2/c20-17-7-8-19(16-4-2-1-3-15(16)17)24-14-6-5-13-12-21-22(9-10-23)18(13)11-14/h1-6,11-12,17,19,23H,7-10,20H2. The molecule has 1 aromatic heterocycles. The molecule has 2 atom stereocenters. The van der Waals surface area contributed by atoms with E-state index >= 15 is 0 Å². The summed E-state index contributed by atoms with van der Waals surface area (Å²) in [6.45, 7) is 0.545. The number of ether oxygens (including phenoxy) is 1. The molecule has 2 aromatic carbocycles. The summed E-state index contributed by atoms with van der Waals surface area (Å²) in [5, 5.41) is 14.5. The summed E-state index contributed by atoms with van der Waals surface area (Å²) in [6, 6.07) is 14.3. The minimum Gasteiger partial charge on any atom is -0.486 e. The SMILES string of the molecule is NC1CCC(Oc2ccc3cnn(CCO)c3c2)c2ccccc21. The van der Waals surface area contributed by atoms with Gasteiger partial charge in [0.15, 0.2) is 0 Å². The van der Waals surface area contributed by atoms with E-state index in [2.05, 4.69) is 17.2 Å². The smallest absolute Gasteiger partial charge is 0.124 e. The Labute approximate surface area is 140 Å². The van der Waals surface area contributed by atoms with Crippen LogP contribution in [0.4, 0.5) is 0 Å². The molecule has 0 amide bonds. The van der Waals surface area contributed by atoms with E-state index in [1.165, 1.54) is 11.1 Å². The highest BCUT2D eigenvalue weighted by Gasteiger charge is 2.26. The number of benzene rings is 2. The summed E-state index contributed by atoms with van der Waals surface area (Å²) in [6.07, 6.45) is 3.66. The summed E-state index contributed by atoms with van der Waals surface area (Å²) in [5.74, 6) is 0.817. The molecule has 4 rings (SSSR count). The van der Waals surface area contributed by atoms with Gasteiger partial charge in [-0.05, 0) is 36.1 Å². The first-order chi connectivity index (χ1) is 11.8. The first kappa shape index (κ1) is 15.2. The van der Waals surface area contributed by atoms with Crippen LogP contribution in [-0.2, 0) is 6.54 Å². The number of nitrogens with zero attached hydrogens (tertiary/aromatic N) is 2. The van der Waals surface area contributed by atoms with Gasteiger partial charge in [0.1, 0.15) is 11.9 Å². The Bertz CT molecular complexity index is 859. The van der Waals surface area contributed by atoms with Crippen LogP contribution in [0.5, 0.6) is 5.75 Å². The van der Waals surface area contributed by atoms with Crippen molar-refractivity contribution in [3.05, 3.63) is 59.8 Å². The van der Waals surface area contributed by atoms with Crippen molar-refractivity contribution in [1.29, 1.82) is 0 Å². The van der Waals surface area contributed by atoms with Crippen molar-refractivity contribution < 1.29 is 9.84 Å². The maximum atomic E-state index is 9.16. The third kappa shape index (κ3) is 2.66. The number of fused-ring (bicyclic) bond motifs is 2. The second-order valence-corrected chi connectivity index (χ2v) is 6.23. The normalized spacial score (nSPS) is 20.1. The van der Waals surface area contributed by atoms with Crippen LogP contribution in [-0.4, -0.2) is 21.5 Å². The Balaban J connectivity index is 1.65. The summed E-state index contributed by atoms with van der Waals surface area (Å²) >= 11 is 0. The molecule has 0 fully saturated rings. The molecule has 0 aliphatic heterocycles. The Morgan fingerprint density at radius 2 is 2.00 bits per heavy atom. The summed E-state index contributed by atoms with van der Waals surface area (Å²) in [5.41, 5.74) is 9.56. The zero-order valence-corrected chi connectivity index (χ0v) is 13.4. The van der Waals surface area contributed by atoms with Gasteiger partial charge in [-0.1, -0.05) is 24.3 Å². The first-order valence-corrected chi connectivity index (χ1v) is 8.34. The van der Waals surface area contributed by atoms with Crippen molar-refractivity contribution in [2.24, 2.45) is 5.73 Å². The Morgan fingerprint density at radius 3 is 2.83 bits per heavy atom. The number of aliphatic hydroxyl groups excluding tert-OH is 1. The number of nitrogens with two attached hydrogens (primary N) is 1. The van der Waals surface area contributed by atoms with E-state index in [9.17, 15) is 0 Å². The average Bonchev–Trinajstić information content (AvgIpc) is 3.01. The number of aliphatic hydroxyl groups is 1. The van der Waals surface area contributed by atoms with E-state index in [0.717, 1.165) is 29.5 Å². The van der Waals surface area contributed by atoms with E-state index in [1.54, 1.807) is 4.68 Å². The highest BCUT2D eigenvalue weighted by molar-refractivity contribution is 5.80. The molecule has 0 bridgehead atoms. The lowest BCUT2D eigenvalue weighted by Gasteiger charge is -2.30. The fourth-order valence-corrected chi connectivity index (χ4v) is 3.47. The van der Waals surface area contributed by atoms with Gasteiger partial charge in [0.05, 0.1) is 24.9 Å². The molecule has 24 heavy (non-hydrogen) atoms. The van der Waals surface area contributed by atoms with Gasteiger partial charge >= 0.3 is 0 Å². The quantitative estimate of drug-likeness (QED) is 0.774. The highest BCUT2D eigenvalue weighted by Crippen LogP contribution is 2.38. The molecule has 1 heterocycles. The van der Waals surface area contributed by atoms with Gasteiger partial charge in [-0.2, -0.15) is 5.10 Å². The fourth-order valence-electron chi connectivity index (χ4n) is 3.47. The molecule has 2 unspecified atom stereocenters. The Kier molecular flexibility index (Phi) is 3.96. The first-order valence-electron chi connectivity index (χ1n) is 8.34. The fraction of sp³-hybridized carbons (Fsp3) is 0.316. The van der Waals surface area contributed by atoms with Crippen LogP contribution in [0.2, 0.25) is 0 Å². The zero-order valence-electron chi connectivity index (χ0n) is 13.4. The van der Waals surface area contributed by atoms with Gasteiger partial charge in [-0.25, -0.2) is 0 Å². The maximum absolute atomic E-state index is 9.16. The molecular formula is C19H21N3O2. The van der Waals surface area contributed by atoms with E-state index in [1.807, 2.05) is 36.5 Å². The van der Waals surface area contributed by atoms with Gasteiger partial charge in [-0.15, -0.1) is 0 Å². The molecule has 0 radical (unpaired) electrons. The predicted octanol–water partition coefficient (Wildman–Crippen LogP) is 2.94. The molecular weight excluding hydrogens is 302 g/mol. The van der Waals surface area contributed by atoms with Gasteiger partial charge < -0.3 is 15.6 Å². The van der Waals surface area contributed by atoms with Crippen LogP contribution in [0.3, 0.4) is 0 Å². The van der Waals surface area contributed by atoms with E-state index in [4.69, 9.17) is 15.6 Å². The van der Waals surface area contributed by atoms with Crippen LogP contribution in [0.15, 0.2) is 48.7 Å². The number of hydrogen-bond acceptors (Lipinski definition) is 4. The molecule has 1 aliphatic carbocycles. The third-order valence-electron chi connectivity index (χ3n) is 4.69. The molecule has 0 saturated heterocycles. The van der Waals surface area contributed by atoms with E-state index in [-0.39, 0.29) is 18.8 Å². The number of aromatic nitrogens is 2. The molecule has 0 saturated carbocycles. The topological polar surface area (TPSA) is 73.3 Å². The van der Waals surface area contributed by atoms with Crippen LogP contribution in [0, 0.1) is 0 Å². The van der Waals surface area contributed by atoms with Gasteiger partial charge in [-0.3, -0.25) is 4.68 Å². The molecule has 1 aliphatic rings. The minimum absolute atomic E-state index is 0.0210. The van der Waals surface area contributed by atoms with Crippen molar-refractivity contribution in [2.45, 2.75) is 31.5 Å². The van der Waals surface area contributed by atoms with Gasteiger partial charge in [0.2, 0.25) is 0 Å². The largest absolute Gasteiger partial charge is 0.486 e. The Morgan fingerprint density at radius 1 is 1.17 bits per heavy atom. The lowest BCUT2D eigenvalue weighted by atomic mass is 9.86. The maximum Gasteiger partial charge on any atom is 0.124 e. The van der Waals surface area contributed by atoms with Crippen molar-refractivity contribution in [1.82, 2.24) is 9.78 Å². The Hall–Kier alpha value is -2.37. The number of hydrogen-bond donors (Lipinski definition) is 2. The van der Waals surface area contributed by atoms with Crippen molar-refractivity contribution in [2.75, 3.05) is 6.61 Å². The van der Waals surface area contributed by atoms with Crippen LogP contribution in [0.25, 0.3) is 10.9 Å².